The summed E-state index contributed by atoms with van der Waals surface area (Å²) in [5.74, 6) is 0.847. The van der Waals surface area contributed by atoms with Crippen molar-refractivity contribution in [3.8, 4) is 11.4 Å². The molecule has 2 heterocycles. The van der Waals surface area contributed by atoms with E-state index in [2.05, 4.69) is 10.2 Å². The predicted octanol–water partition coefficient (Wildman–Crippen LogP) is 2.25. The van der Waals surface area contributed by atoms with Gasteiger partial charge in [0.05, 0.1) is 24.9 Å². The Balaban J connectivity index is 1.88. The zero-order valence-corrected chi connectivity index (χ0v) is 15.3. The minimum atomic E-state index is -0.0351. The second-order valence-corrected chi connectivity index (χ2v) is 6.64. The number of carbonyl (C=O) groups is 1. The van der Waals surface area contributed by atoms with Crippen molar-refractivity contribution in [2.24, 2.45) is 7.05 Å². The van der Waals surface area contributed by atoms with Crippen LogP contribution in [0, 0.1) is 0 Å². The maximum Gasteiger partial charge on any atom is 0.216 e. The van der Waals surface area contributed by atoms with E-state index in [0.717, 1.165) is 30.2 Å². The number of aryl methyl sites for hydroxylation is 1. The van der Waals surface area contributed by atoms with Crippen LogP contribution in [0.2, 0.25) is 5.02 Å². The van der Waals surface area contributed by atoms with E-state index in [9.17, 15) is 4.79 Å². The van der Waals surface area contributed by atoms with E-state index in [1.807, 2.05) is 42.1 Å². The first-order valence-electron chi connectivity index (χ1n) is 8.40. The molecule has 1 aromatic heterocycles. The van der Waals surface area contributed by atoms with Gasteiger partial charge in [-0.1, -0.05) is 11.6 Å². The number of amides is 1. The molecule has 0 bridgehead atoms. The van der Waals surface area contributed by atoms with Gasteiger partial charge in [-0.3, -0.25) is 9.69 Å². The average Bonchev–Trinajstić information content (AvgIpc) is 2.98. The lowest BCUT2D eigenvalue weighted by atomic mass is 10.1. The van der Waals surface area contributed by atoms with E-state index in [0.29, 0.717) is 24.8 Å². The highest BCUT2D eigenvalue weighted by atomic mass is 35.5. The molecule has 2 aromatic rings. The Bertz CT molecular complexity index is 723. The lowest BCUT2D eigenvalue weighted by Crippen LogP contribution is -2.43. The molecule has 1 aliphatic rings. The van der Waals surface area contributed by atoms with Crippen LogP contribution in [0.25, 0.3) is 11.4 Å². The second-order valence-electron chi connectivity index (χ2n) is 6.21. The monoisotopic (exact) mass is 362 g/mol. The molecule has 1 aromatic carbocycles. The Morgan fingerprint density at radius 3 is 2.64 bits per heavy atom. The molecule has 25 heavy (non-hydrogen) atoms. The first-order chi connectivity index (χ1) is 12.0. The average molecular weight is 363 g/mol. The summed E-state index contributed by atoms with van der Waals surface area (Å²) in [6.07, 6.45) is 2.03. The first-order valence-corrected chi connectivity index (χ1v) is 8.78. The van der Waals surface area contributed by atoms with Gasteiger partial charge in [-0.15, -0.1) is 0 Å². The second kappa shape index (κ2) is 7.99. The zero-order chi connectivity index (χ0) is 17.8. The van der Waals surface area contributed by atoms with Crippen LogP contribution in [0.4, 0.5) is 0 Å². The van der Waals surface area contributed by atoms with Crippen LogP contribution in [0.3, 0.4) is 0 Å². The number of ether oxygens (including phenoxy) is 1. The molecule has 134 valence electrons. The Hall–Kier alpha value is -1.89. The van der Waals surface area contributed by atoms with Crippen LogP contribution in [0.1, 0.15) is 18.7 Å². The molecule has 1 unspecified atom stereocenters. The quantitative estimate of drug-likeness (QED) is 0.886. The lowest BCUT2D eigenvalue weighted by Gasteiger charge is -2.33. The number of hydrogen-bond donors (Lipinski definition) is 1. The largest absolute Gasteiger partial charge is 0.379 e. The molecule has 0 radical (unpaired) electrons. The van der Waals surface area contributed by atoms with Gasteiger partial charge in [-0.05, 0) is 24.3 Å². The SMILES string of the molecule is CC(=O)NCC(c1cn(C)c(-c2ccc(Cl)cc2)n1)N1CCOCC1. The Morgan fingerprint density at radius 2 is 2.00 bits per heavy atom. The molecule has 6 nitrogen and oxygen atoms in total. The molecular weight excluding hydrogens is 340 g/mol. The Labute approximate surface area is 152 Å². The predicted molar refractivity (Wildman–Crippen MR) is 97.5 cm³/mol. The fourth-order valence-electron chi connectivity index (χ4n) is 3.07. The highest BCUT2D eigenvalue weighted by Gasteiger charge is 2.25. The van der Waals surface area contributed by atoms with Gasteiger partial charge in [0.1, 0.15) is 5.82 Å². The summed E-state index contributed by atoms with van der Waals surface area (Å²) < 4.78 is 7.47. The maximum absolute atomic E-state index is 11.4. The summed E-state index contributed by atoms with van der Waals surface area (Å²) in [5.41, 5.74) is 1.96. The molecule has 1 fully saturated rings. The number of hydrogen-bond acceptors (Lipinski definition) is 4. The van der Waals surface area contributed by atoms with Crippen molar-refractivity contribution < 1.29 is 9.53 Å². The maximum atomic E-state index is 11.4. The molecule has 3 rings (SSSR count). The minimum absolute atomic E-state index is 0.0278. The van der Waals surface area contributed by atoms with Gasteiger partial charge in [0.15, 0.2) is 0 Å². The molecule has 1 atom stereocenters. The molecule has 1 N–H and O–H groups in total. The van der Waals surface area contributed by atoms with Crippen LogP contribution in [-0.2, 0) is 16.6 Å². The van der Waals surface area contributed by atoms with Crippen molar-refractivity contribution in [1.29, 1.82) is 0 Å². The number of benzene rings is 1. The van der Waals surface area contributed by atoms with Gasteiger partial charge in [-0.2, -0.15) is 0 Å². The standard InChI is InChI=1S/C18H23ClN4O2/c1-13(24)20-11-17(23-7-9-25-10-8-23)16-12-22(2)18(21-16)14-3-5-15(19)6-4-14/h3-6,12,17H,7-11H2,1-2H3,(H,20,24). The number of imidazole rings is 1. The Kier molecular flexibility index (Phi) is 5.73. The molecule has 1 saturated heterocycles. The van der Waals surface area contributed by atoms with Gasteiger partial charge in [0, 0.05) is 50.4 Å². The molecule has 1 aliphatic heterocycles. The minimum Gasteiger partial charge on any atom is -0.379 e. The highest BCUT2D eigenvalue weighted by molar-refractivity contribution is 6.30. The Morgan fingerprint density at radius 1 is 1.32 bits per heavy atom. The van der Waals surface area contributed by atoms with Crippen molar-refractivity contribution in [3.63, 3.8) is 0 Å². The van der Waals surface area contributed by atoms with Gasteiger partial charge in [0.25, 0.3) is 0 Å². The molecule has 0 spiro atoms. The van der Waals surface area contributed by atoms with Crippen LogP contribution < -0.4 is 5.32 Å². The number of rotatable bonds is 5. The first kappa shape index (κ1) is 17.9. The summed E-state index contributed by atoms with van der Waals surface area (Å²) in [6.45, 7) is 5.13. The van der Waals surface area contributed by atoms with Crippen LogP contribution in [-0.4, -0.2) is 53.2 Å². The van der Waals surface area contributed by atoms with E-state index in [1.165, 1.54) is 6.92 Å². The summed E-state index contributed by atoms with van der Waals surface area (Å²) in [5, 5.41) is 3.63. The van der Waals surface area contributed by atoms with Crippen LogP contribution in [0.15, 0.2) is 30.5 Å². The number of halogens is 1. The summed E-state index contributed by atoms with van der Waals surface area (Å²) in [4.78, 5) is 18.6. The third-order valence-corrected chi connectivity index (χ3v) is 4.62. The molecular formula is C18H23ClN4O2. The summed E-state index contributed by atoms with van der Waals surface area (Å²) in [6, 6.07) is 7.68. The molecule has 7 heteroatoms. The van der Waals surface area contributed by atoms with E-state index < -0.39 is 0 Å². The smallest absolute Gasteiger partial charge is 0.216 e. The van der Waals surface area contributed by atoms with Crippen LogP contribution in [0.5, 0.6) is 0 Å². The lowest BCUT2D eigenvalue weighted by molar-refractivity contribution is -0.119. The number of aromatic nitrogens is 2. The van der Waals surface area contributed by atoms with Gasteiger partial charge >= 0.3 is 0 Å². The number of morpholine rings is 1. The van der Waals surface area contributed by atoms with Gasteiger partial charge in [-0.25, -0.2) is 4.98 Å². The highest BCUT2D eigenvalue weighted by Crippen LogP contribution is 2.26. The van der Waals surface area contributed by atoms with Crippen molar-refractivity contribution in [2.45, 2.75) is 13.0 Å². The third kappa shape index (κ3) is 4.39. The summed E-state index contributed by atoms with van der Waals surface area (Å²) >= 11 is 5.98. The van der Waals surface area contributed by atoms with Gasteiger partial charge in [0.2, 0.25) is 5.91 Å². The third-order valence-electron chi connectivity index (χ3n) is 4.37. The molecule has 1 amide bonds. The number of carbonyl (C=O) groups excluding carboxylic acids is 1. The molecule has 0 aliphatic carbocycles. The van der Waals surface area contributed by atoms with E-state index in [4.69, 9.17) is 21.3 Å². The van der Waals surface area contributed by atoms with Crippen molar-refractivity contribution in [3.05, 3.63) is 41.2 Å². The molecule has 0 saturated carbocycles. The van der Waals surface area contributed by atoms with Gasteiger partial charge < -0.3 is 14.6 Å². The van der Waals surface area contributed by atoms with Crippen LogP contribution >= 0.6 is 11.6 Å². The van der Waals surface area contributed by atoms with E-state index in [-0.39, 0.29) is 11.9 Å². The van der Waals surface area contributed by atoms with Crippen molar-refractivity contribution in [2.75, 3.05) is 32.8 Å². The fourth-order valence-corrected chi connectivity index (χ4v) is 3.19. The van der Waals surface area contributed by atoms with E-state index in [1.54, 1.807) is 0 Å². The van der Waals surface area contributed by atoms with E-state index >= 15 is 0 Å². The number of nitrogens with one attached hydrogen (secondary N) is 1. The summed E-state index contributed by atoms with van der Waals surface area (Å²) in [7, 11) is 1.98. The van der Waals surface area contributed by atoms with Crippen molar-refractivity contribution >= 4 is 17.5 Å². The van der Waals surface area contributed by atoms with Crippen molar-refractivity contribution in [1.82, 2.24) is 19.8 Å². The fraction of sp³-hybridized carbons (Fsp3) is 0.444. The topological polar surface area (TPSA) is 59.4 Å². The zero-order valence-electron chi connectivity index (χ0n) is 14.5. The normalized spacial score (nSPS) is 16.6. The number of nitrogens with zero attached hydrogens (tertiary/aromatic N) is 3.